The van der Waals surface area contributed by atoms with Gasteiger partial charge in [0, 0.05) is 11.8 Å². The first kappa shape index (κ1) is 20.1. The van der Waals surface area contributed by atoms with Crippen molar-refractivity contribution >= 4 is 11.6 Å². The van der Waals surface area contributed by atoms with E-state index in [4.69, 9.17) is 9.47 Å². The monoisotopic (exact) mass is 406 g/mol. The highest BCUT2D eigenvalue weighted by Gasteiger charge is 2.35. The summed E-state index contributed by atoms with van der Waals surface area (Å²) in [6, 6.07) is 12.6. The van der Waals surface area contributed by atoms with Crippen LogP contribution >= 0.6 is 0 Å². The van der Waals surface area contributed by atoms with Crippen LogP contribution in [-0.2, 0) is 6.18 Å². The number of aromatic nitrogens is 2. The van der Waals surface area contributed by atoms with Crippen molar-refractivity contribution in [3.05, 3.63) is 71.7 Å². The third-order valence-electron chi connectivity index (χ3n) is 3.59. The van der Waals surface area contributed by atoms with Gasteiger partial charge in [-0.1, -0.05) is 12.1 Å². The highest BCUT2D eigenvalue weighted by molar-refractivity contribution is 6.05. The van der Waals surface area contributed by atoms with E-state index in [9.17, 15) is 22.4 Å². The molecular weight excluding hydrogens is 394 g/mol. The number of carbonyl (C=O) groups excluding carboxylic acids is 1. The highest BCUT2D eigenvalue weighted by atomic mass is 19.4. The molecule has 0 bridgehead atoms. The molecule has 6 nitrogen and oxygen atoms in total. The van der Waals surface area contributed by atoms with Crippen molar-refractivity contribution in [2.45, 2.75) is 6.18 Å². The Morgan fingerprint density at radius 3 is 2.59 bits per heavy atom. The molecule has 0 aliphatic heterocycles. The SMILES string of the molecule is COc1cc(F)ccc1Oc1nnc(C(F)(F)F)cc1C(=O)Nc1c[c]ccc1. The van der Waals surface area contributed by atoms with Gasteiger partial charge in [-0.15, -0.1) is 10.2 Å². The molecule has 1 aromatic heterocycles. The lowest BCUT2D eigenvalue weighted by atomic mass is 10.2. The van der Waals surface area contributed by atoms with Crippen molar-refractivity contribution in [3.63, 3.8) is 0 Å². The molecular formula is C19H12F4N3O3. The first-order chi connectivity index (χ1) is 13.8. The Hall–Kier alpha value is -3.69. The maximum Gasteiger partial charge on any atom is 0.435 e. The van der Waals surface area contributed by atoms with Crippen LogP contribution in [0.1, 0.15) is 16.1 Å². The fourth-order valence-corrected chi connectivity index (χ4v) is 2.26. The number of halogens is 4. The quantitative estimate of drug-likeness (QED) is 0.632. The number of rotatable bonds is 5. The zero-order chi connectivity index (χ0) is 21.0. The largest absolute Gasteiger partial charge is 0.493 e. The van der Waals surface area contributed by atoms with Gasteiger partial charge < -0.3 is 14.8 Å². The molecule has 0 aliphatic carbocycles. The average molecular weight is 406 g/mol. The van der Waals surface area contributed by atoms with Gasteiger partial charge in [0.1, 0.15) is 11.4 Å². The van der Waals surface area contributed by atoms with E-state index >= 15 is 0 Å². The van der Waals surface area contributed by atoms with E-state index in [0.29, 0.717) is 11.8 Å². The second kappa shape index (κ2) is 8.13. The van der Waals surface area contributed by atoms with Crippen LogP contribution < -0.4 is 14.8 Å². The van der Waals surface area contributed by atoms with Gasteiger partial charge in [0.25, 0.3) is 11.8 Å². The van der Waals surface area contributed by atoms with Gasteiger partial charge in [0.05, 0.1) is 7.11 Å². The summed E-state index contributed by atoms with van der Waals surface area (Å²) in [4.78, 5) is 12.6. The number of anilines is 1. The molecule has 1 N–H and O–H groups in total. The molecule has 0 atom stereocenters. The number of methoxy groups -OCH3 is 1. The zero-order valence-corrected chi connectivity index (χ0v) is 14.7. The van der Waals surface area contributed by atoms with E-state index in [0.717, 1.165) is 12.1 Å². The Balaban J connectivity index is 2.01. The molecule has 0 saturated carbocycles. The lowest BCUT2D eigenvalue weighted by Crippen LogP contribution is -2.17. The molecule has 0 saturated heterocycles. The molecule has 0 spiro atoms. The molecule has 3 rings (SSSR count). The number of ether oxygens (including phenoxy) is 2. The summed E-state index contributed by atoms with van der Waals surface area (Å²) >= 11 is 0. The summed E-state index contributed by atoms with van der Waals surface area (Å²) in [5, 5.41) is 8.88. The molecule has 149 valence electrons. The molecule has 0 unspecified atom stereocenters. The topological polar surface area (TPSA) is 73.3 Å². The van der Waals surface area contributed by atoms with E-state index in [1.54, 1.807) is 12.1 Å². The minimum absolute atomic E-state index is 0.0456. The summed E-state index contributed by atoms with van der Waals surface area (Å²) < 4.78 is 62.9. The number of amides is 1. The minimum atomic E-state index is -4.82. The lowest BCUT2D eigenvalue weighted by Gasteiger charge is -2.14. The predicted molar refractivity (Wildman–Crippen MR) is 93.3 cm³/mol. The Morgan fingerprint density at radius 1 is 1.14 bits per heavy atom. The first-order valence-corrected chi connectivity index (χ1v) is 8.01. The normalized spacial score (nSPS) is 11.1. The van der Waals surface area contributed by atoms with Crippen LogP contribution in [0, 0.1) is 11.9 Å². The smallest absolute Gasteiger partial charge is 0.435 e. The number of nitrogens with zero attached hydrogens (tertiary/aromatic N) is 2. The number of nitrogens with one attached hydrogen (secondary N) is 1. The molecule has 2 aromatic carbocycles. The third-order valence-corrected chi connectivity index (χ3v) is 3.59. The summed E-state index contributed by atoms with van der Waals surface area (Å²) in [5.41, 5.74) is -1.60. The first-order valence-electron chi connectivity index (χ1n) is 8.01. The van der Waals surface area contributed by atoms with Crippen LogP contribution in [0.25, 0.3) is 0 Å². The Kier molecular flexibility index (Phi) is 5.62. The fourth-order valence-electron chi connectivity index (χ4n) is 2.26. The maximum absolute atomic E-state index is 13.4. The van der Waals surface area contributed by atoms with Crippen molar-refractivity contribution in [2.24, 2.45) is 0 Å². The van der Waals surface area contributed by atoms with Crippen molar-refractivity contribution in [1.82, 2.24) is 10.2 Å². The van der Waals surface area contributed by atoms with Crippen molar-refractivity contribution in [1.29, 1.82) is 0 Å². The number of benzene rings is 2. The van der Waals surface area contributed by atoms with Gasteiger partial charge >= 0.3 is 6.18 Å². The Morgan fingerprint density at radius 2 is 1.93 bits per heavy atom. The molecule has 1 radical (unpaired) electrons. The summed E-state index contributed by atoms with van der Waals surface area (Å²) in [6.07, 6.45) is -4.82. The van der Waals surface area contributed by atoms with Gasteiger partial charge in [-0.25, -0.2) is 4.39 Å². The molecule has 3 aromatic rings. The number of hydrogen-bond donors (Lipinski definition) is 1. The van der Waals surface area contributed by atoms with E-state index in [1.165, 1.54) is 25.3 Å². The van der Waals surface area contributed by atoms with Gasteiger partial charge in [-0.05, 0) is 36.4 Å². The van der Waals surface area contributed by atoms with Crippen molar-refractivity contribution in [2.75, 3.05) is 12.4 Å². The summed E-state index contributed by atoms with van der Waals surface area (Å²) in [6.45, 7) is 0. The van der Waals surface area contributed by atoms with Crippen LogP contribution in [0.15, 0.2) is 48.5 Å². The lowest BCUT2D eigenvalue weighted by molar-refractivity contribution is -0.141. The van der Waals surface area contributed by atoms with Crippen LogP contribution in [0.2, 0.25) is 0 Å². The maximum atomic E-state index is 13.4. The zero-order valence-electron chi connectivity index (χ0n) is 14.7. The Labute approximate surface area is 162 Å². The minimum Gasteiger partial charge on any atom is -0.493 e. The Bertz CT molecular complexity index is 1030. The molecule has 29 heavy (non-hydrogen) atoms. The third kappa shape index (κ3) is 4.78. The number of alkyl halides is 3. The van der Waals surface area contributed by atoms with E-state index in [-0.39, 0.29) is 11.5 Å². The van der Waals surface area contributed by atoms with E-state index in [2.05, 4.69) is 21.6 Å². The second-order valence-electron chi connectivity index (χ2n) is 5.59. The summed E-state index contributed by atoms with van der Waals surface area (Å²) in [5.74, 6) is -2.16. The molecule has 10 heteroatoms. The molecule has 0 fully saturated rings. The standard InChI is InChI=1S/C19H12F4N3O3/c1-28-15-9-11(20)7-8-14(15)29-18-13(10-16(25-26-18)19(21,22)23)17(27)24-12-5-3-2-4-6-12/h2-3,5-10H,1H3,(H,24,27). The van der Waals surface area contributed by atoms with Crippen molar-refractivity contribution < 1.29 is 31.8 Å². The van der Waals surface area contributed by atoms with Gasteiger partial charge in [-0.3, -0.25) is 4.79 Å². The second-order valence-corrected chi connectivity index (χ2v) is 5.59. The van der Waals surface area contributed by atoms with Gasteiger partial charge in [-0.2, -0.15) is 13.2 Å². The fraction of sp³-hybridized carbons (Fsp3) is 0.105. The summed E-state index contributed by atoms with van der Waals surface area (Å²) in [7, 11) is 1.25. The van der Waals surface area contributed by atoms with Crippen molar-refractivity contribution in [3.8, 4) is 17.4 Å². The van der Waals surface area contributed by atoms with Gasteiger partial charge in [0.2, 0.25) is 0 Å². The van der Waals surface area contributed by atoms with Crippen LogP contribution in [0.3, 0.4) is 0 Å². The highest BCUT2D eigenvalue weighted by Crippen LogP contribution is 2.34. The molecule has 1 amide bonds. The molecule has 1 heterocycles. The van der Waals surface area contributed by atoms with Crippen LogP contribution in [0.5, 0.6) is 17.4 Å². The van der Waals surface area contributed by atoms with Crippen LogP contribution in [-0.4, -0.2) is 23.2 Å². The molecule has 0 aliphatic rings. The van der Waals surface area contributed by atoms with Crippen LogP contribution in [0.4, 0.5) is 23.2 Å². The average Bonchev–Trinajstić information content (AvgIpc) is 2.69. The predicted octanol–water partition coefficient (Wildman–Crippen LogP) is 4.49. The van der Waals surface area contributed by atoms with E-state index < -0.39 is 35.0 Å². The number of hydrogen-bond acceptors (Lipinski definition) is 5. The van der Waals surface area contributed by atoms with E-state index in [1.807, 2.05) is 0 Å². The number of carbonyl (C=O) groups is 1. The van der Waals surface area contributed by atoms with Gasteiger partial charge in [0.15, 0.2) is 17.2 Å².